The molecule has 2 N–H and O–H groups in total. The van der Waals surface area contributed by atoms with Crippen LogP contribution in [-0.4, -0.2) is 17.7 Å². The average molecular weight is 418 g/mol. The van der Waals surface area contributed by atoms with Crippen molar-refractivity contribution in [2.24, 2.45) is 10.7 Å². The Kier molecular flexibility index (Phi) is 5.06. The number of hydrogen-bond acceptors (Lipinski definition) is 4. The molecular formula is C13H10Br2N2O2S. The highest BCUT2D eigenvalue weighted by molar-refractivity contribution is 9.11. The number of nitrogens with zero attached hydrogens (tertiary/aromatic N) is 1. The van der Waals surface area contributed by atoms with Crippen LogP contribution in [0.25, 0.3) is 6.08 Å². The normalized spacial score (nSPS) is 16.4. The standard InChI is InChI=1S/C13H10Br2N2O2S/c1-2-3-19-11-8(14)4-7(5-9(11)15)6-10-12(18)17-13(16)20-10/h2,4-6H,1,3H2,(H2,16,17,18)/b10-6-. The zero-order chi connectivity index (χ0) is 14.7. The van der Waals surface area contributed by atoms with E-state index in [0.29, 0.717) is 17.3 Å². The molecule has 0 saturated heterocycles. The van der Waals surface area contributed by atoms with Crippen LogP contribution < -0.4 is 10.5 Å². The first-order chi connectivity index (χ1) is 9.51. The number of ether oxygens (including phenoxy) is 1. The summed E-state index contributed by atoms with van der Waals surface area (Å²) >= 11 is 8.04. The second-order valence-corrected chi connectivity index (χ2v) is 6.55. The van der Waals surface area contributed by atoms with Gasteiger partial charge in [0.2, 0.25) is 0 Å². The SMILES string of the molecule is C=CCOc1c(Br)cc(/C=C2\SC(N)=NC2=O)cc1Br. The van der Waals surface area contributed by atoms with Gasteiger partial charge in [-0.1, -0.05) is 12.7 Å². The topological polar surface area (TPSA) is 64.7 Å². The molecule has 0 saturated carbocycles. The van der Waals surface area contributed by atoms with Crippen molar-refractivity contribution in [1.82, 2.24) is 0 Å². The fraction of sp³-hybridized carbons (Fsp3) is 0.0769. The number of amidine groups is 1. The summed E-state index contributed by atoms with van der Waals surface area (Å²) < 4.78 is 7.10. The zero-order valence-corrected chi connectivity index (χ0v) is 14.2. The number of aliphatic imine (C=N–C) groups is 1. The number of carbonyl (C=O) groups is 1. The van der Waals surface area contributed by atoms with Crippen LogP contribution in [0.4, 0.5) is 0 Å². The molecule has 4 nitrogen and oxygen atoms in total. The smallest absolute Gasteiger partial charge is 0.286 e. The quantitative estimate of drug-likeness (QED) is 0.599. The van der Waals surface area contributed by atoms with E-state index in [4.69, 9.17) is 10.5 Å². The Bertz CT molecular complexity index is 618. The van der Waals surface area contributed by atoms with Gasteiger partial charge in [-0.15, -0.1) is 0 Å². The second-order valence-electron chi connectivity index (χ2n) is 3.78. The van der Waals surface area contributed by atoms with E-state index in [1.807, 2.05) is 12.1 Å². The van der Waals surface area contributed by atoms with Crippen LogP contribution >= 0.6 is 43.6 Å². The summed E-state index contributed by atoms with van der Waals surface area (Å²) in [4.78, 5) is 15.7. The highest BCUT2D eigenvalue weighted by Crippen LogP contribution is 2.36. The van der Waals surface area contributed by atoms with Gasteiger partial charge in [0.1, 0.15) is 12.4 Å². The summed E-state index contributed by atoms with van der Waals surface area (Å²) in [5.41, 5.74) is 6.35. The Balaban J connectivity index is 2.29. The molecule has 1 heterocycles. The number of amides is 1. The molecule has 1 aromatic rings. The van der Waals surface area contributed by atoms with Crippen molar-refractivity contribution in [1.29, 1.82) is 0 Å². The van der Waals surface area contributed by atoms with E-state index in [2.05, 4.69) is 43.4 Å². The lowest BCUT2D eigenvalue weighted by Crippen LogP contribution is -2.01. The fourth-order valence-electron chi connectivity index (χ4n) is 1.52. The van der Waals surface area contributed by atoms with Gasteiger partial charge in [-0.2, -0.15) is 4.99 Å². The molecule has 0 fully saturated rings. The number of rotatable bonds is 4. The Morgan fingerprint density at radius 2 is 2.05 bits per heavy atom. The third-order valence-electron chi connectivity index (χ3n) is 2.30. The summed E-state index contributed by atoms with van der Waals surface area (Å²) in [6, 6.07) is 3.72. The summed E-state index contributed by atoms with van der Waals surface area (Å²) in [7, 11) is 0. The largest absolute Gasteiger partial charge is 0.487 e. The highest BCUT2D eigenvalue weighted by Gasteiger charge is 2.19. The van der Waals surface area contributed by atoms with Gasteiger partial charge in [-0.3, -0.25) is 4.79 Å². The first kappa shape index (κ1) is 15.3. The average Bonchev–Trinajstić information content (AvgIpc) is 2.67. The molecule has 0 radical (unpaired) electrons. The van der Waals surface area contributed by atoms with Gasteiger partial charge in [-0.05, 0) is 67.4 Å². The second kappa shape index (κ2) is 6.60. The van der Waals surface area contributed by atoms with E-state index in [1.54, 1.807) is 12.2 Å². The summed E-state index contributed by atoms with van der Waals surface area (Å²) in [5, 5.41) is 0.269. The maximum atomic E-state index is 11.6. The van der Waals surface area contributed by atoms with Gasteiger partial charge >= 0.3 is 0 Å². The van der Waals surface area contributed by atoms with Crippen molar-refractivity contribution < 1.29 is 9.53 Å². The molecule has 7 heteroatoms. The van der Waals surface area contributed by atoms with Crippen molar-refractivity contribution in [3.63, 3.8) is 0 Å². The molecule has 1 aliphatic rings. The summed E-state index contributed by atoms with van der Waals surface area (Å²) in [6.07, 6.45) is 3.41. The molecule has 1 aliphatic heterocycles. The number of halogens is 2. The molecule has 0 atom stereocenters. The number of carbonyl (C=O) groups excluding carboxylic acids is 1. The van der Waals surface area contributed by atoms with E-state index in [-0.39, 0.29) is 11.1 Å². The first-order valence-electron chi connectivity index (χ1n) is 5.52. The predicted octanol–water partition coefficient (Wildman–Crippen LogP) is 3.71. The molecule has 2 rings (SSSR count). The molecule has 20 heavy (non-hydrogen) atoms. The van der Waals surface area contributed by atoms with Crippen LogP contribution in [0.1, 0.15) is 5.56 Å². The van der Waals surface area contributed by atoms with Crippen LogP contribution in [0, 0.1) is 0 Å². The minimum Gasteiger partial charge on any atom is -0.487 e. The first-order valence-corrected chi connectivity index (χ1v) is 7.92. The molecule has 1 aromatic carbocycles. The van der Waals surface area contributed by atoms with Crippen molar-refractivity contribution >= 4 is 60.8 Å². The third-order valence-corrected chi connectivity index (χ3v) is 4.29. The van der Waals surface area contributed by atoms with Crippen LogP contribution in [0.5, 0.6) is 5.75 Å². The van der Waals surface area contributed by atoms with Crippen LogP contribution in [0.3, 0.4) is 0 Å². The van der Waals surface area contributed by atoms with Gasteiger partial charge in [0.25, 0.3) is 5.91 Å². The van der Waals surface area contributed by atoms with E-state index < -0.39 is 0 Å². The van der Waals surface area contributed by atoms with Gasteiger partial charge in [0.15, 0.2) is 5.17 Å². The highest BCUT2D eigenvalue weighted by atomic mass is 79.9. The van der Waals surface area contributed by atoms with Crippen molar-refractivity contribution in [3.8, 4) is 5.75 Å². The van der Waals surface area contributed by atoms with Crippen LogP contribution in [-0.2, 0) is 4.79 Å². The lowest BCUT2D eigenvalue weighted by Gasteiger charge is -2.09. The van der Waals surface area contributed by atoms with Gasteiger partial charge in [0, 0.05) is 0 Å². The Hall–Kier alpha value is -1.05. The van der Waals surface area contributed by atoms with Crippen LogP contribution in [0.15, 0.2) is 43.6 Å². The lowest BCUT2D eigenvalue weighted by molar-refractivity contribution is -0.113. The molecule has 104 valence electrons. The number of nitrogens with two attached hydrogens (primary N) is 1. The number of thioether (sulfide) groups is 1. The monoisotopic (exact) mass is 416 g/mol. The number of benzene rings is 1. The Morgan fingerprint density at radius 3 is 2.55 bits per heavy atom. The Morgan fingerprint density at radius 1 is 1.40 bits per heavy atom. The summed E-state index contributed by atoms with van der Waals surface area (Å²) in [5.74, 6) is 0.375. The van der Waals surface area contributed by atoms with Crippen molar-refractivity contribution in [2.75, 3.05) is 6.61 Å². The lowest BCUT2D eigenvalue weighted by atomic mass is 10.2. The zero-order valence-electron chi connectivity index (χ0n) is 10.2. The molecule has 0 spiro atoms. The molecule has 1 amide bonds. The molecule has 0 aromatic heterocycles. The minimum atomic E-state index is -0.313. The fourth-order valence-corrected chi connectivity index (χ4v) is 3.65. The van der Waals surface area contributed by atoms with E-state index in [0.717, 1.165) is 26.3 Å². The van der Waals surface area contributed by atoms with Crippen molar-refractivity contribution in [2.45, 2.75) is 0 Å². The van der Waals surface area contributed by atoms with E-state index in [1.165, 1.54) is 0 Å². The Labute approximate surface area is 137 Å². The van der Waals surface area contributed by atoms with Crippen LogP contribution in [0.2, 0.25) is 0 Å². The van der Waals surface area contributed by atoms with E-state index in [9.17, 15) is 4.79 Å². The minimum absolute atomic E-state index is 0.269. The maximum Gasteiger partial charge on any atom is 0.286 e. The molecule has 0 aliphatic carbocycles. The molecule has 0 unspecified atom stereocenters. The maximum absolute atomic E-state index is 11.6. The van der Waals surface area contributed by atoms with Gasteiger partial charge in [-0.25, -0.2) is 0 Å². The molecular weight excluding hydrogens is 408 g/mol. The summed E-state index contributed by atoms with van der Waals surface area (Å²) in [6.45, 7) is 4.02. The van der Waals surface area contributed by atoms with Crippen molar-refractivity contribution in [3.05, 3.63) is 44.2 Å². The third kappa shape index (κ3) is 3.53. The predicted molar refractivity (Wildman–Crippen MR) is 89.7 cm³/mol. The molecule has 0 bridgehead atoms. The van der Waals surface area contributed by atoms with E-state index >= 15 is 0 Å². The van der Waals surface area contributed by atoms with Gasteiger partial charge in [0.05, 0.1) is 13.9 Å². The van der Waals surface area contributed by atoms with Gasteiger partial charge < -0.3 is 10.5 Å². The number of hydrogen-bond donors (Lipinski definition) is 1.